The second-order valence-electron chi connectivity index (χ2n) is 4.04. The number of nitrogen functional groups attached to an aromatic ring is 1. The molecule has 1 aromatic carbocycles. The van der Waals surface area contributed by atoms with Crippen molar-refractivity contribution >= 4 is 17.4 Å². The highest BCUT2D eigenvalue weighted by Crippen LogP contribution is 2.12. The maximum Gasteiger partial charge on any atom is 0.271 e. The largest absolute Gasteiger partial charge is 0.347 e. The number of benzene rings is 1. The molecule has 2 rings (SSSR count). The summed E-state index contributed by atoms with van der Waals surface area (Å²) in [6.45, 7) is 0.152. The van der Waals surface area contributed by atoms with Crippen molar-refractivity contribution in [3.05, 3.63) is 58.0 Å². The third kappa shape index (κ3) is 3.70. The third-order valence-corrected chi connectivity index (χ3v) is 2.61. The molecule has 9 heteroatoms. The van der Waals surface area contributed by atoms with E-state index < -0.39 is 10.8 Å². The number of carbonyl (C=O) groups is 1. The lowest BCUT2D eigenvalue weighted by atomic mass is 10.2. The van der Waals surface area contributed by atoms with E-state index in [4.69, 9.17) is 5.84 Å². The molecule has 0 saturated carbocycles. The van der Waals surface area contributed by atoms with Gasteiger partial charge in [-0.25, -0.2) is 15.8 Å². The van der Waals surface area contributed by atoms with Gasteiger partial charge in [-0.3, -0.25) is 14.9 Å². The molecule has 0 unspecified atom stereocenters. The standard InChI is InChI=1S/C12H12N6O3/c13-17-11-7-14-10(6-15-11)12(19)16-5-8-2-1-3-9(4-8)18(20)21/h1-4,6-7H,5,13H2,(H,15,17)(H,16,19). The van der Waals surface area contributed by atoms with Crippen LogP contribution < -0.4 is 16.6 Å². The molecule has 1 aromatic heterocycles. The fourth-order valence-electron chi connectivity index (χ4n) is 1.57. The van der Waals surface area contributed by atoms with Crippen LogP contribution in [0.3, 0.4) is 0 Å². The highest BCUT2D eigenvalue weighted by molar-refractivity contribution is 5.91. The van der Waals surface area contributed by atoms with Gasteiger partial charge in [-0.2, -0.15) is 0 Å². The summed E-state index contributed by atoms with van der Waals surface area (Å²) in [5.74, 6) is 5.05. The molecule has 0 bridgehead atoms. The van der Waals surface area contributed by atoms with E-state index in [1.165, 1.54) is 24.5 Å². The molecule has 9 nitrogen and oxygen atoms in total. The van der Waals surface area contributed by atoms with Gasteiger partial charge in [0.15, 0.2) is 5.82 Å². The highest BCUT2D eigenvalue weighted by Gasteiger charge is 2.09. The van der Waals surface area contributed by atoms with Crippen LogP contribution in [0.15, 0.2) is 36.7 Å². The van der Waals surface area contributed by atoms with Gasteiger partial charge >= 0.3 is 0 Å². The fourth-order valence-corrected chi connectivity index (χ4v) is 1.57. The van der Waals surface area contributed by atoms with E-state index in [0.717, 1.165) is 0 Å². The second kappa shape index (κ2) is 6.39. The van der Waals surface area contributed by atoms with Crippen LogP contribution in [0, 0.1) is 10.1 Å². The van der Waals surface area contributed by atoms with Gasteiger partial charge in [0, 0.05) is 18.7 Å². The van der Waals surface area contributed by atoms with E-state index in [9.17, 15) is 14.9 Å². The molecule has 0 atom stereocenters. The van der Waals surface area contributed by atoms with Crippen LogP contribution in [-0.2, 0) is 6.54 Å². The molecule has 1 heterocycles. The van der Waals surface area contributed by atoms with Crippen LogP contribution in [0.5, 0.6) is 0 Å². The number of nitrogens with zero attached hydrogens (tertiary/aromatic N) is 3. The van der Waals surface area contributed by atoms with Crippen molar-refractivity contribution in [2.45, 2.75) is 6.54 Å². The van der Waals surface area contributed by atoms with Crippen LogP contribution in [-0.4, -0.2) is 20.8 Å². The Morgan fingerprint density at radius 2 is 2.14 bits per heavy atom. The Hall–Kier alpha value is -3.07. The molecule has 2 aromatic rings. The summed E-state index contributed by atoms with van der Waals surface area (Å²) in [5, 5.41) is 13.3. The smallest absolute Gasteiger partial charge is 0.271 e. The molecule has 4 N–H and O–H groups in total. The van der Waals surface area contributed by atoms with Gasteiger partial charge in [0.2, 0.25) is 0 Å². The number of hydrogen-bond acceptors (Lipinski definition) is 7. The van der Waals surface area contributed by atoms with Crippen molar-refractivity contribution in [3.63, 3.8) is 0 Å². The summed E-state index contributed by atoms with van der Waals surface area (Å²) in [5.41, 5.74) is 3.01. The summed E-state index contributed by atoms with van der Waals surface area (Å²) < 4.78 is 0. The Morgan fingerprint density at radius 3 is 2.76 bits per heavy atom. The van der Waals surface area contributed by atoms with Gasteiger partial charge < -0.3 is 10.7 Å². The molecule has 0 saturated heterocycles. The first kappa shape index (κ1) is 14.3. The monoisotopic (exact) mass is 288 g/mol. The van der Waals surface area contributed by atoms with Crippen LogP contribution in [0.25, 0.3) is 0 Å². The number of anilines is 1. The number of non-ortho nitro benzene ring substituents is 1. The molecule has 0 fully saturated rings. The minimum absolute atomic E-state index is 0.0279. The Bertz CT molecular complexity index is 658. The summed E-state index contributed by atoms with van der Waals surface area (Å²) in [6.07, 6.45) is 2.60. The van der Waals surface area contributed by atoms with E-state index in [-0.39, 0.29) is 17.9 Å². The van der Waals surface area contributed by atoms with Gasteiger partial charge in [0.1, 0.15) is 5.69 Å². The predicted molar refractivity (Wildman–Crippen MR) is 74.1 cm³/mol. The average Bonchev–Trinajstić information content (AvgIpc) is 2.53. The van der Waals surface area contributed by atoms with E-state index >= 15 is 0 Å². The lowest BCUT2D eigenvalue weighted by Gasteiger charge is -2.05. The molecule has 1 amide bonds. The molecule has 21 heavy (non-hydrogen) atoms. The number of nitro groups is 1. The maximum absolute atomic E-state index is 11.8. The number of nitro benzene ring substituents is 1. The number of nitrogens with one attached hydrogen (secondary N) is 2. The minimum atomic E-state index is -0.491. The van der Waals surface area contributed by atoms with Gasteiger partial charge in [-0.05, 0) is 5.56 Å². The average molecular weight is 288 g/mol. The maximum atomic E-state index is 11.8. The number of hydrazine groups is 1. The molecule has 0 spiro atoms. The number of carbonyl (C=O) groups excluding carboxylic acids is 1. The van der Waals surface area contributed by atoms with Crippen LogP contribution in [0.4, 0.5) is 11.5 Å². The number of nitrogens with two attached hydrogens (primary N) is 1. The first-order valence-corrected chi connectivity index (χ1v) is 5.90. The zero-order valence-corrected chi connectivity index (χ0v) is 10.8. The van der Waals surface area contributed by atoms with Gasteiger partial charge in [-0.15, -0.1) is 0 Å². The van der Waals surface area contributed by atoms with E-state index in [1.54, 1.807) is 12.1 Å². The van der Waals surface area contributed by atoms with Crippen LogP contribution >= 0.6 is 0 Å². The Morgan fingerprint density at radius 1 is 1.33 bits per heavy atom. The normalized spacial score (nSPS) is 9.95. The van der Waals surface area contributed by atoms with Crippen molar-refractivity contribution in [3.8, 4) is 0 Å². The first-order chi connectivity index (χ1) is 10.1. The van der Waals surface area contributed by atoms with Crippen LogP contribution in [0.2, 0.25) is 0 Å². The molecular formula is C12H12N6O3. The second-order valence-corrected chi connectivity index (χ2v) is 4.04. The lowest BCUT2D eigenvalue weighted by Crippen LogP contribution is -2.24. The van der Waals surface area contributed by atoms with Gasteiger partial charge in [0.25, 0.3) is 11.6 Å². The third-order valence-electron chi connectivity index (χ3n) is 2.61. The molecule has 108 valence electrons. The fraction of sp³-hybridized carbons (Fsp3) is 0.0833. The minimum Gasteiger partial charge on any atom is -0.347 e. The van der Waals surface area contributed by atoms with Crippen molar-refractivity contribution in [1.29, 1.82) is 0 Å². The predicted octanol–water partition coefficient (Wildman–Crippen LogP) is 0.600. The Balaban J connectivity index is 2.00. The summed E-state index contributed by atoms with van der Waals surface area (Å²) in [7, 11) is 0. The molecule has 0 aliphatic heterocycles. The van der Waals surface area contributed by atoms with Crippen molar-refractivity contribution < 1.29 is 9.72 Å². The number of rotatable bonds is 5. The molecular weight excluding hydrogens is 276 g/mol. The summed E-state index contributed by atoms with van der Waals surface area (Å²) >= 11 is 0. The SMILES string of the molecule is NNc1cnc(C(=O)NCc2cccc([N+](=O)[O-])c2)cn1. The number of amides is 1. The molecule has 0 aliphatic rings. The van der Waals surface area contributed by atoms with Gasteiger partial charge in [0.05, 0.1) is 17.3 Å². The molecule has 0 aliphatic carbocycles. The summed E-state index contributed by atoms with van der Waals surface area (Å²) in [4.78, 5) is 29.7. The first-order valence-electron chi connectivity index (χ1n) is 5.90. The van der Waals surface area contributed by atoms with Crippen molar-refractivity contribution in [2.75, 3.05) is 5.43 Å². The Kier molecular flexibility index (Phi) is 4.36. The quantitative estimate of drug-likeness (QED) is 0.416. The number of hydrogen-bond donors (Lipinski definition) is 3. The van der Waals surface area contributed by atoms with Crippen molar-refractivity contribution in [1.82, 2.24) is 15.3 Å². The Labute approximate surface area is 119 Å². The summed E-state index contributed by atoms with van der Waals surface area (Å²) in [6, 6.07) is 6.02. The zero-order valence-electron chi connectivity index (χ0n) is 10.8. The number of aromatic nitrogens is 2. The van der Waals surface area contributed by atoms with Gasteiger partial charge in [-0.1, -0.05) is 12.1 Å². The highest BCUT2D eigenvalue weighted by atomic mass is 16.6. The topological polar surface area (TPSA) is 136 Å². The van der Waals surface area contributed by atoms with Crippen molar-refractivity contribution in [2.24, 2.45) is 5.84 Å². The van der Waals surface area contributed by atoms with Crippen LogP contribution in [0.1, 0.15) is 16.1 Å². The zero-order chi connectivity index (χ0) is 15.2. The van der Waals surface area contributed by atoms with E-state index in [2.05, 4.69) is 20.7 Å². The van der Waals surface area contributed by atoms with E-state index in [0.29, 0.717) is 11.4 Å². The molecule has 0 radical (unpaired) electrons. The lowest BCUT2D eigenvalue weighted by molar-refractivity contribution is -0.384. The van der Waals surface area contributed by atoms with E-state index in [1.807, 2.05) is 0 Å².